The summed E-state index contributed by atoms with van der Waals surface area (Å²) in [6, 6.07) is 31.1. The highest BCUT2D eigenvalue weighted by Gasteiger charge is 2.20. The Morgan fingerprint density at radius 3 is 2.49 bits per heavy atom. The number of nitrogens with zero attached hydrogens (tertiary/aromatic N) is 3. The molecule has 3 heterocycles. The molecule has 3 aromatic carbocycles. The normalized spacial score (nSPS) is 12.3. The number of aromatic amines is 1. The number of aromatic nitrogens is 3. The SMILES string of the molecule is BN(Cc1nc(-c2cccc(C)n2)c(-c2ccc3c(c2)OCO3)[nH]1)Cc1ccccc1-c1ccccc1. The molecule has 1 aliphatic rings. The van der Waals surface area contributed by atoms with Gasteiger partial charge in [-0.2, -0.15) is 0 Å². The van der Waals surface area contributed by atoms with Crippen molar-refractivity contribution in [2.75, 3.05) is 6.79 Å². The van der Waals surface area contributed by atoms with Crippen molar-refractivity contribution in [3.05, 3.63) is 108 Å². The zero-order valence-electron chi connectivity index (χ0n) is 20.9. The Morgan fingerprint density at radius 2 is 1.62 bits per heavy atom. The van der Waals surface area contributed by atoms with Gasteiger partial charge in [0.15, 0.2) is 19.5 Å². The van der Waals surface area contributed by atoms with Gasteiger partial charge in [0.2, 0.25) is 6.79 Å². The maximum Gasteiger partial charge on any atom is 0.231 e. The minimum Gasteiger partial charge on any atom is -0.454 e. The first kappa shape index (κ1) is 23.1. The molecule has 0 spiro atoms. The van der Waals surface area contributed by atoms with E-state index in [1.165, 1.54) is 16.7 Å². The van der Waals surface area contributed by atoms with Crippen LogP contribution < -0.4 is 9.47 Å². The third kappa shape index (κ3) is 4.86. The van der Waals surface area contributed by atoms with Gasteiger partial charge in [-0.05, 0) is 53.9 Å². The van der Waals surface area contributed by atoms with Gasteiger partial charge in [-0.1, -0.05) is 60.7 Å². The Hall–Kier alpha value is -4.36. The maximum atomic E-state index is 5.63. The Bertz CT molecular complexity index is 1550. The summed E-state index contributed by atoms with van der Waals surface area (Å²) in [6.45, 7) is 3.69. The van der Waals surface area contributed by atoms with Crippen molar-refractivity contribution in [3.8, 4) is 45.3 Å². The van der Waals surface area contributed by atoms with Gasteiger partial charge >= 0.3 is 0 Å². The van der Waals surface area contributed by atoms with E-state index < -0.39 is 0 Å². The van der Waals surface area contributed by atoms with Gasteiger partial charge in [-0.3, -0.25) is 4.98 Å². The van der Waals surface area contributed by atoms with Crippen LogP contribution in [0.3, 0.4) is 0 Å². The van der Waals surface area contributed by atoms with E-state index in [4.69, 9.17) is 19.4 Å². The molecule has 6 nitrogen and oxygen atoms in total. The predicted octanol–water partition coefficient (Wildman–Crippen LogP) is 5.39. The summed E-state index contributed by atoms with van der Waals surface area (Å²) in [7, 11) is 2.12. The number of rotatable bonds is 7. The Balaban J connectivity index is 1.31. The zero-order valence-corrected chi connectivity index (χ0v) is 20.9. The summed E-state index contributed by atoms with van der Waals surface area (Å²) >= 11 is 0. The minimum atomic E-state index is 0.245. The summed E-state index contributed by atoms with van der Waals surface area (Å²) in [5.41, 5.74) is 8.28. The number of ether oxygens (including phenoxy) is 2. The number of hydrogen-bond donors (Lipinski definition) is 1. The van der Waals surface area contributed by atoms with Crippen molar-refractivity contribution >= 4 is 7.98 Å². The third-order valence-corrected chi connectivity index (χ3v) is 6.51. The van der Waals surface area contributed by atoms with Crippen molar-refractivity contribution in [1.29, 1.82) is 0 Å². The lowest BCUT2D eigenvalue weighted by molar-refractivity contribution is 0.174. The Morgan fingerprint density at radius 1 is 0.811 bits per heavy atom. The van der Waals surface area contributed by atoms with Crippen LogP contribution in [0.15, 0.2) is 91.0 Å². The van der Waals surface area contributed by atoms with Crippen LogP contribution >= 0.6 is 0 Å². The molecule has 2 aromatic heterocycles. The number of imidazole rings is 1. The first-order valence-corrected chi connectivity index (χ1v) is 12.4. The molecular formula is C30H27BN4O2. The van der Waals surface area contributed by atoms with Gasteiger partial charge < -0.3 is 19.3 Å². The molecule has 0 saturated carbocycles. The molecule has 37 heavy (non-hydrogen) atoms. The number of nitrogens with one attached hydrogen (secondary N) is 1. The number of aryl methyl sites for hydroxylation is 1. The number of benzene rings is 3. The van der Waals surface area contributed by atoms with Crippen LogP contribution in [0.25, 0.3) is 33.8 Å². The van der Waals surface area contributed by atoms with Crippen LogP contribution in [0.4, 0.5) is 0 Å². The van der Waals surface area contributed by atoms with E-state index in [9.17, 15) is 0 Å². The van der Waals surface area contributed by atoms with Crippen molar-refractivity contribution in [2.24, 2.45) is 0 Å². The second-order valence-electron chi connectivity index (χ2n) is 9.33. The molecule has 1 N–H and O–H groups in total. The van der Waals surface area contributed by atoms with Gasteiger partial charge in [0.25, 0.3) is 0 Å². The van der Waals surface area contributed by atoms with Gasteiger partial charge in [0.05, 0.1) is 11.4 Å². The molecule has 0 bridgehead atoms. The average molecular weight is 486 g/mol. The lowest BCUT2D eigenvalue weighted by Crippen LogP contribution is -2.20. The molecule has 6 rings (SSSR count). The smallest absolute Gasteiger partial charge is 0.231 e. The van der Waals surface area contributed by atoms with Crippen molar-refractivity contribution in [1.82, 2.24) is 19.8 Å². The number of pyridine rings is 1. The van der Waals surface area contributed by atoms with Crippen LogP contribution in [-0.4, -0.2) is 34.5 Å². The van der Waals surface area contributed by atoms with Crippen LogP contribution in [0, 0.1) is 6.92 Å². The van der Waals surface area contributed by atoms with Gasteiger partial charge in [-0.25, -0.2) is 4.98 Å². The van der Waals surface area contributed by atoms with E-state index in [1.807, 2.05) is 49.4 Å². The largest absolute Gasteiger partial charge is 0.454 e. The summed E-state index contributed by atoms with van der Waals surface area (Å²) in [5.74, 6) is 2.38. The fourth-order valence-corrected chi connectivity index (χ4v) is 4.78. The first-order chi connectivity index (χ1) is 18.1. The third-order valence-electron chi connectivity index (χ3n) is 6.51. The monoisotopic (exact) mass is 486 g/mol. The van der Waals surface area contributed by atoms with E-state index in [-0.39, 0.29) is 6.79 Å². The Labute approximate surface area is 217 Å². The maximum absolute atomic E-state index is 5.63. The van der Waals surface area contributed by atoms with Crippen molar-refractivity contribution in [3.63, 3.8) is 0 Å². The molecule has 0 fully saturated rings. The Kier molecular flexibility index (Phi) is 6.20. The standard InChI is InChI=1S/C30H27BN4O2/c1-20-8-7-13-25(32-20)30-29(22-14-15-26-27(16-22)37-19-36-26)33-28(34-30)18-35(31)17-23-11-5-6-12-24(23)21-9-3-2-4-10-21/h2-16H,17-19,31H2,1H3,(H,33,34). The quantitative estimate of drug-likeness (QED) is 0.313. The fraction of sp³-hybridized carbons (Fsp3) is 0.133. The van der Waals surface area contributed by atoms with Crippen LogP contribution in [0.1, 0.15) is 17.1 Å². The zero-order chi connectivity index (χ0) is 25.2. The second-order valence-corrected chi connectivity index (χ2v) is 9.33. The second kappa shape index (κ2) is 9.95. The van der Waals surface area contributed by atoms with Crippen LogP contribution in [0.2, 0.25) is 0 Å². The van der Waals surface area contributed by atoms with Gasteiger partial charge in [-0.15, -0.1) is 0 Å². The summed E-state index contributed by atoms with van der Waals surface area (Å²) in [5, 5.41) is 0. The molecule has 5 aromatic rings. The lowest BCUT2D eigenvalue weighted by atomic mass is 9.99. The first-order valence-electron chi connectivity index (χ1n) is 12.4. The highest BCUT2D eigenvalue weighted by Crippen LogP contribution is 2.38. The topological polar surface area (TPSA) is 63.3 Å². The van der Waals surface area contributed by atoms with Crippen LogP contribution in [0.5, 0.6) is 11.5 Å². The molecule has 182 valence electrons. The average Bonchev–Trinajstić information content (AvgIpc) is 3.56. The molecule has 0 atom stereocenters. The number of H-pyrrole nitrogens is 1. The highest BCUT2D eigenvalue weighted by atomic mass is 16.7. The van der Waals surface area contributed by atoms with Crippen LogP contribution in [-0.2, 0) is 13.1 Å². The van der Waals surface area contributed by atoms with Crippen molar-refractivity contribution < 1.29 is 9.47 Å². The summed E-state index contributed by atoms with van der Waals surface area (Å²) in [4.78, 5) is 15.6. The van der Waals surface area contributed by atoms with E-state index >= 15 is 0 Å². The van der Waals surface area contributed by atoms with Gasteiger partial charge in [0, 0.05) is 24.3 Å². The molecule has 0 radical (unpaired) electrons. The molecular weight excluding hydrogens is 459 g/mol. The predicted molar refractivity (Wildman–Crippen MR) is 148 cm³/mol. The van der Waals surface area contributed by atoms with E-state index in [0.29, 0.717) is 6.54 Å². The molecule has 0 aliphatic carbocycles. The molecule has 7 heteroatoms. The molecule has 1 aliphatic heterocycles. The molecule has 0 saturated heterocycles. The van der Waals surface area contributed by atoms with E-state index in [0.717, 1.165) is 52.2 Å². The molecule has 0 unspecified atom stereocenters. The highest BCUT2D eigenvalue weighted by molar-refractivity contribution is 6.04. The minimum absolute atomic E-state index is 0.245. The van der Waals surface area contributed by atoms with Gasteiger partial charge in [0.1, 0.15) is 11.5 Å². The van der Waals surface area contributed by atoms with E-state index in [2.05, 4.69) is 66.3 Å². The summed E-state index contributed by atoms with van der Waals surface area (Å²) < 4.78 is 11.1. The molecule has 0 amide bonds. The van der Waals surface area contributed by atoms with E-state index in [1.54, 1.807) is 0 Å². The number of fused-ring (bicyclic) bond motifs is 1. The van der Waals surface area contributed by atoms with Crippen molar-refractivity contribution in [2.45, 2.75) is 20.0 Å². The summed E-state index contributed by atoms with van der Waals surface area (Å²) in [6.07, 6.45) is 0. The fourth-order valence-electron chi connectivity index (χ4n) is 4.78. The lowest BCUT2D eigenvalue weighted by Gasteiger charge is -2.18. The number of hydrogen-bond acceptors (Lipinski definition) is 5.